The average Bonchev–Trinajstić information content (AvgIpc) is 2.89. The molecule has 2 aromatic rings. The molecule has 0 atom stereocenters. The van der Waals surface area contributed by atoms with Gasteiger partial charge < -0.3 is 0 Å². The molecule has 6 heteroatoms. The van der Waals surface area contributed by atoms with E-state index in [2.05, 4.69) is 4.98 Å². The quantitative estimate of drug-likeness (QED) is 0.407. The third-order valence-electron chi connectivity index (χ3n) is 3.19. The van der Waals surface area contributed by atoms with Gasteiger partial charge in [-0.05, 0) is 11.8 Å². The molecule has 1 nitrogen and oxygen atoms in total. The number of nitrogens with zero attached hydrogens (tertiary/aromatic N) is 1. The lowest BCUT2D eigenvalue weighted by atomic mass is 9.95. The third kappa shape index (κ3) is 2.69. The van der Waals surface area contributed by atoms with Crippen molar-refractivity contribution in [2.75, 3.05) is 0 Å². The van der Waals surface area contributed by atoms with E-state index >= 15 is 0 Å². The van der Waals surface area contributed by atoms with Crippen molar-refractivity contribution in [3.63, 3.8) is 0 Å². The molecule has 21 heavy (non-hydrogen) atoms. The van der Waals surface area contributed by atoms with E-state index in [9.17, 15) is 17.6 Å². The van der Waals surface area contributed by atoms with Crippen LogP contribution in [0.3, 0.4) is 0 Å². The summed E-state index contributed by atoms with van der Waals surface area (Å²) >= 11 is 1.16. The number of benzene rings is 1. The molecule has 0 aliphatic carbocycles. The van der Waals surface area contributed by atoms with Crippen LogP contribution in [-0.2, 0) is 0 Å². The Bertz CT molecular complexity index is 677. The fourth-order valence-electron chi connectivity index (χ4n) is 2.07. The topological polar surface area (TPSA) is 12.9 Å². The Morgan fingerprint density at radius 3 is 1.90 bits per heavy atom. The largest absolute Gasteiger partial charge is 0.244 e. The molecule has 0 radical (unpaired) electrons. The van der Waals surface area contributed by atoms with Crippen molar-refractivity contribution in [1.82, 2.24) is 4.98 Å². The van der Waals surface area contributed by atoms with Crippen LogP contribution < -0.4 is 0 Å². The summed E-state index contributed by atoms with van der Waals surface area (Å²) in [6.45, 7) is 7.05. The normalized spacial score (nSPS) is 11.7. The Hall–Kier alpha value is -1.43. The lowest BCUT2D eigenvalue weighted by Gasteiger charge is -2.14. The first-order valence-electron chi connectivity index (χ1n) is 6.57. The number of halogens is 4. The van der Waals surface area contributed by atoms with Crippen LogP contribution >= 0.6 is 11.3 Å². The zero-order chi connectivity index (χ0) is 15.9. The highest BCUT2D eigenvalue weighted by Gasteiger charge is 2.29. The van der Waals surface area contributed by atoms with E-state index in [4.69, 9.17) is 0 Å². The lowest BCUT2D eigenvalue weighted by Crippen LogP contribution is -2.07. The Morgan fingerprint density at radius 1 is 0.857 bits per heavy atom. The van der Waals surface area contributed by atoms with Gasteiger partial charge >= 0.3 is 0 Å². The van der Waals surface area contributed by atoms with E-state index in [-0.39, 0.29) is 22.1 Å². The van der Waals surface area contributed by atoms with Crippen LogP contribution in [-0.4, -0.2) is 4.98 Å². The van der Waals surface area contributed by atoms with Gasteiger partial charge in [0.15, 0.2) is 23.3 Å². The summed E-state index contributed by atoms with van der Waals surface area (Å²) < 4.78 is 55.1. The highest BCUT2D eigenvalue weighted by atomic mass is 32.1. The molecule has 1 aromatic heterocycles. The van der Waals surface area contributed by atoms with Crippen molar-refractivity contribution < 1.29 is 17.6 Å². The first-order chi connectivity index (χ1) is 9.75. The van der Waals surface area contributed by atoms with Gasteiger partial charge in [0.2, 0.25) is 0 Å². The predicted molar refractivity (Wildman–Crippen MR) is 75.6 cm³/mol. The maximum Gasteiger partial charge on any atom is 0.198 e. The third-order valence-corrected chi connectivity index (χ3v) is 4.50. The molecule has 2 rings (SSSR count). The van der Waals surface area contributed by atoms with Crippen LogP contribution in [0.1, 0.15) is 50.0 Å². The second-order valence-corrected chi connectivity index (χ2v) is 6.48. The highest BCUT2D eigenvalue weighted by molar-refractivity contribution is 7.15. The summed E-state index contributed by atoms with van der Waals surface area (Å²) in [6.07, 6.45) is 1.55. The van der Waals surface area contributed by atoms with Crippen LogP contribution in [0.2, 0.25) is 0 Å². The van der Waals surface area contributed by atoms with Crippen molar-refractivity contribution in [3.8, 4) is 10.6 Å². The van der Waals surface area contributed by atoms with Crippen molar-refractivity contribution in [3.05, 3.63) is 39.9 Å². The average molecular weight is 317 g/mol. The molecule has 0 aliphatic heterocycles. The smallest absolute Gasteiger partial charge is 0.198 e. The second kappa shape index (κ2) is 5.75. The molecule has 0 N–H and O–H groups in total. The molecule has 0 unspecified atom stereocenters. The van der Waals surface area contributed by atoms with Crippen LogP contribution in [0.15, 0.2) is 6.20 Å². The van der Waals surface area contributed by atoms with E-state index in [1.807, 2.05) is 13.8 Å². The minimum atomic E-state index is -1.80. The Kier molecular flexibility index (Phi) is 4.37. The maximum absolute atomic E-state index is 14.1. The standard InChI is InChI=1S/C15H15F4NS/c1-6(2)8-5-20-15(21-8)10-9(7(3)4)11(16)13(18)14(19)12(10)17/h5-7H,1-4H3. The van der Waals surface area contributed by atoms with Crippen molar-refractivity contribution in [1.29, 1.82) is 0 Å². The van der Waals surface area contributed by atoms with Gasteiger partial charge in [0.25, 0.3) is 0 Å². The molecule has 0 aliphatic rings. The van der Waals surface area contributed by atoms with Crippen LogP contribution in [0.4, 0.5) is 17.6 Å². The molecule has 0 bridgehead atoms. The van der Waals surface area contributed by atoms with E-state index in [0.29, 0.717) is 0 Å². The summed E-state index contributed by atoms with van der Waals surface area (Å²) in [6, 6.07) is 0. The highest BCUT2D eigenvalue weighted by Crippen LogP contribution is 2.39. The SMILES string of the molecule is CC(C)c1cnc(-c2c(F)c(F)c(F)c(F)c2C(C)C)s1. The second-order valence-electron chi connectivity index (χ2n) is 5.42. The number of thiazole rings is 1. The van der Waals surface area contributed by atoms with Gasteiger partial charge in [0.1, 0.15) is 5.01 Å². The maximum atomic E-state index is 14.1. The van der Waals surface area contributed by atoms with Crippen LogP contribution in [0.5, 0.6) is 0 Å². The van der Waals surface area contributed by atoms with Gasteiger partial charge in [-0.3, -0.25) is 0 Å². The first-order valence-corrected chi connectivity index (χ1v) is 7.39. The zero-order valence-corrected chi connectivity index (χ0v) is 12.9. The van der Waals surface area contributed by atoms with E-state index < -0.39 is 29.2 Å². The number of hydrogen-bond acceptors (Lipinski definition) is 2. The van der Waals surface area contributed by atoms with Crippen LogP contribution in [0.25, 0.3) is 10.6 Å². The molecule has 0 amide bonds. The lowest BCUT2D eigenvalue weighted by molar-refractivity contribution is 0.403. The van der Waals surface area contributed by atoms with Gasteiger partial charge in [0, 0.05) is 16.6 Å². The molecule has 1 heterocycles. The van der Waals surface area contributed by atoms with E-state index in [1.165, 1.54) is 0 Å². The minimum absolute atomic E-state index is 0.164. The predicted octanol–water partition coefficient (Wildman–Crippen LogP) is 5.61. The fraction of sp³-hybridized carbons (Fsp3) is 0.400. The fourth-order valence-corrected chi connectivity index (χ4v) is 3.04. The number of hydrogen-bond donors (Lipinski definition) is 0. The van der Waals surface area contributed by atoms with E-state index in [1.54, 1.807) is 20.0 Å². The van der Waals surface area contributed by atoms with Crippen molar-refractivity contribution in [2.24, 2.45) is 0 Å². The zero-order valence-electron chi connectivity index (χ0n) is 12.1. The molecule has 1 aromatic carbocycles. The summed E-state index contributed by atoms with van der Waals surface area (Å²) in [7, 11) is 0. The van der Waals surface area contributed by atoms with Crippen LogP contribution in [0, 0.1) is 23.3 Å². The monoisotopic (exact) mass is 317 g/mol. The molecule has 0 saturated carbocycles. The molecule has 0 spiro atoms. The number of aromatic nitrogens is 1. The molecular formula is C15H15F4NS. The Morgan fingerprint density at radius 2 is 1.43 bits per heavy atom. The summed E-state index contributed by atoms with van der Waals surface area (Å²) in [4.78, 5) is 4.91. The summed E-state index contributed by atoms with van der Waals surface area (Å²) in [5.74, 6) is -6.65. The van der Waals surface area contributed by atoms with Gasteiger partial charge in [-0.1, -0.05) is 27.7 Å². The molecular weight excluding hydrogens is 302 g/mol. The van der Waals surface area contributed by atoms with E-state index in [0.717, 1.165) is 16.2 Å². The van der Waals surface area contributed by atoms with Gasteiger partial charge in [0.05, 0.1) is 5.56 Å². The van der Waals surface area contributed by atoms with Gasteiger partial charge in [-0.25, -0.2) is 22.5 Å². The molecule has 0 saturated heterocycles. The first kappa shape index (κ1) is 15.9. The van der Waals surface area contributed by atoms with Gasteiger partial charge in [-0.2, -0.15) is 0 Å². The Balaban J connectivity index is 2.77. The summed E-state index contributed by atoms with van der Waals surface area (Å²) in [5, 5.41) is 0.165. The summed E-state index contributed by atoms with van der Waals surface area (Å²) in [5.41, 5.74) is -0.464. The molecule has 114 valence electrons. The van der Waals surface area contributed by atoms with Gasteiger partial charge in [-0.15, -0.1) is 11.3 Å². The van der Waals surface area contributed by atoms with Crippen molar-refractivity contribution >= 4 is 11.3 Å². The van der Waals surface area contributed by atoms with Crippen molar-refractivity contribution in [2.45, 2.75) is 39.5 Å². The number of rotatable bonds is 3. The molecule has 0 fully saturated rings. The minimum Gasteiger partial charge on any atom is -0.244 e. The Labute approximate surface area is 124 Å².